The number of carbonyl (C=O) groups excluding carboxylic acids is 5. The number of anilines is 1. The van der Waals surface area contributed by atoms with E-state index < -0.39 is 87.4 Å². The van der Waals surface area contributed by atoms with Crippen LogP contribution < -0.4 is 16.5 Å². The van der Waals surface area contributed by atoms with Crippen molar-refractivity contribution >= 4 is 87.3 Å². The van der Waals surface area contributed by atoms with Crippen LogP contribution in [0, 0.1) is 0 Å². The second kappa shape index (κ2) is 14.5. The first kappa shape index (κ1) is 39.0. The average molecular weight is 825 g/mol. The number of carboxylic acid groups (broad SMARTS) is 2. The number of phenols is 2. The molecule has 3 atom stereocenters. The number of aliphatic carboxylic acids is 2. The molecule has 55 heavy (non-hydrogen) atoms. The van der Waals surface area contributed by atoms with E-state index in [1.54, 1.807) is 0 Å². The van der Waals surface area contributed by atoms with Crippen molar-refractivity contribution in [3.05, 3.63) is 33.8 Å². The molecule has 25 heteroatoms. The van der Waals surface area contributed by atoms with Crippen molar-refractivity contribution in [1.82, 2.24) is 40.3 Å². The Balaban J connectivity index is 1.08. The number of hydrogen-bond acceptors (Lipinski definition) is 15. The van der Waals surface area contributed by atoms with Crippen molar-refractivity contribution < 1.29 is 58.8 Å². The smallest absolute Gasteiger partial charge is 0.350 e. The molecule has 294 valence electrons. The highest BCUT2D eigenvalue weighted by Crippen LogP contribution is 2.49. The van der Waals surface area contributed by atoms with E-state index in [4.69, 9.17) is 22.2 Å². The molecule has 0 radical (unpaired) electrons. The third kappa shape index (κ3) is 7.02. The van der Waals surface area contributed by atoms with Gasteiger partial charge in [0.15, 0.2) is 22.3 Å². The van der Waals surface area contributed by atoms with E-state index in [1.807, 2.05) is 0 Å². The van der Waals surface area contributed by atoms with E-state index >= 15 is 0 Å². The highest BCUT2D eigenvalue weighted by atomic mass is 35.5. The molecule has 0 saturated carbocycles. The number of carboxylic acids is 2. The first-order valence-corrected chi connectivity index (χ1v) is 18.4. The molecule has 5 heterocycles. The van der Waals surface area contributed by atoms with Gasteiger partial charge >= 0.3 is 24.0 Å². The van der Waals surface area contributed by atoms with Crippen LogP contribution in [0.3, 0.4) is 0 Å². The van der Waals surface area contributed by atoms with E-state index in [9.17, 15) is 54.0 Å². The minimum atomic E-state index is -2.00. The monoisotopic (exact) mass is 824 g/mol. The van der Waals surface area contributed by atoms with Crippen molar-refractivity contribution in [3.8, 4) is 11.5 Å². The van der Waals surface area contributed by atoms with Crippen LogP contribution >= 0.6 is 34.7 Å². The number of nitrogens with zero attached hydrogens (tertiary/aromatic N) is 7. The third-order valence-corrected chi connectivity index (χ3v) is 11.9. The molecule has 0 bridgehead atoms. The Kier molecular flexibility index (Phi) is 10.3. The van der Waals surface area contributed by atoms with Gasteiger partial charge in [-0.1, -0.05) is 28.5 Å². The van der Waals surface area contributed by atoms with Gasteiger partial charge in [0, 0.05) is 38.1 Å². The molecule has 22 nitrogen and oxygen atoms in total. The van der Waals surface area contributed by atoms with E-state index in [-0.39, 0.29) is 60.7 Å². The standard InChI is InChI=1S/C30H33ClN10O12S2/c1-29(2,24(47)48)53-36-17(14-11-54-26(32)33-14)20(44)34-18-22(46)39-12-30(25(49)50,55-23(18)39)40-9-10-41(28(40)52)35-27(51)38-7-5-37(6-8-38)21(45)13-3-4-15(42)19(43)16(13)31/h3-4,11,18,23,42-43H,5-10,12H2,1-2H3,(H2,32,33)(H,34,44)(H,35,51)(H,47,48)(H,49,50)/b36-17-/t18-,23-,30-/m1/s1. The number of amides is 7. The van der Waals surface area contributed by atoms with Gasteiger partial charge in [0.1, 0.15) is 17.1 Å². The number of piperazine rings is 1. The van der Waals surface area contributed by atoms with Crippen LogP contribution in [0.25, 0.3) is 0 Å². The van der Waals surface area contributed by atoms with Crippen LogP contribution in [0.2, 0.25) is 5.02 Å². The van der Waals surface area contributed by atoms with Crippen LogP contribution in [0.4, 0.5) is 14.7 Å². The van der Waals surface area contributed by atoms with Gasteiger partial charge < -0.3 is 51.0 Å². The number of carbonyl (C=O) groups is 7. The van der Waals surface area contributed by atoms with E-state index in [2.05, 4.69) is 20.9 Å². The van der Waals surface area contributed by atoms with Crippen molar-refractivity contribution in [1.29, 1.82) is 0 Å². The largest absolute Gasteiger partial charge is 0.504 e. The summed E-state index contributed by atoms with van der Waals surface area (Å²) in [6, 6.07) is -0.436. The quantitative estimate of drug-likeness (QED) is 0.0680. The first-order valence-electron chi connectivity index (χ1n) is 16.2. The fraction of sp³-hybridized carbons (Fsp3) is 0.433. The number of thiazole rings is 1. The molecular weight excluding hydrogens is 792 g/mol. The number of aromatic hydroxyl groups is 2. The SMILES string of the molecule is CC(C)(O/N=C(\C(=O)N[C@@H]1C(=O)N2C[C@@](C(=O)O)(N3CCN(NC(=O)N4CCN(C(=O)c5ccc(O)c(O)c5Cl)CC4)C3=O)S[C@H]12)c1csc(N)n1)C(=O)O. The van der Waals surface area contributed by atoms with E-state index in [1.165, 1.54) is 40.0 Å². The van der Waals surface area contributed by atoms with Gasteiger partial charge in [0.05, 0.1) is 23.7 Å². The summed E-state index contributed by atoms with van der Waals surface area (Å²) in [6.45, 7) is 1.95. The summed E-state index contributed by atoms with van der Waals surface area (Å²) in [5.41, 5.74) is 5.74. The minimum absolute atomic E-state index is 0.0403. The predicted octanol–water partition coefficient (Wildman–Crippen LogP) is -0.625. The topological polar surface area (TPSA) is 301 Å². The molecule has 0 unspecified atom stereocenters. The van der Waals surface area contributed by atoms with E-state index in [0.717, 1.165) is 39.1 Å². The number of oxime groups is 1. The van der Waals surface area contributed by atoms with Crippen LogP contribution in [0.1, 0.15) is 29.9 Å². The number of β-lactam (4-membered cyclic amide) rings is 1. The lowest BCUT2D eigenvalue weighted by molar-refractivity contribution is -0.161. The maximum absolute atomic E-state index is 13.6. The Morgan fingerprint density at radius 1 is 1.05 bits per heavy atom. The second-order valence-corrected chi connectivity index (χ2v) is 15.7. The van der Waals surface area contributed by atoms with Crippen molar-refractivity contribution in [2.24, 2.45) is 5.16 Å². The van der Waals surface area contributed by atoms with Crippen molar-refractivity contribution in [3.63, 3.8) is 0 Å². The molecule has 8 N–H and O–H groups in total. The van der Waals surface area contributed by atoms with Crippen molar-refractivity contribution in [2.75, 3.05) is 51.5 Å². The summed E-state index contributed by atoms with van der Waals surface area (Å²) in [7, 11) is 0. The zero-order valence-electron chi connectivity index (χ0n) is 28.8. The maximum Gasteiger partial charge on any atom is 0.350 e. The molecule has 7 amide bonds. The number of aromatic nitrogens is 1. The van der Waals surface area contributed by atoms with Gasteiger partial charge in [-0.05, 0) is 26.0 Å². The highest BCUT2D eigenvalue weighted by molar-refractivity contribution is 8.02. The molecule has 2 aromatic rings. The number of benzene rings is 1. The molecule has 0 spiro atoms. The zero-order chi connectivity index (χ0) is 40.1. The lowest BCUT2D eigenvalue weighted by atomic mass is 10.1. The van der Waals surface area contributed by atoms with Gasteiger partial charge in [-0.15, -0.1) is 11.3 Å². The summed E-state index contributed by atoms with van der Waals surface area (Å²) < 4.78 is 0. The Hall–Kier alpha value is -5.75. The Bertz CT molecular complexity index is 2020. The Labute approximate surface area is 323 Å². The Morgan fingerprint density at radius 3 is 2.35 bits per heavy atom. The second-order valence-electron chi connectivity index (χ2n) is 13.0. The van der Waals surface area contributed by atoms with Crippen molar-refractivity contribution in [2.45, 2.75) is 35.7 Å². The molecule has 1 aromatic heterocycles. The number of phenolic OH excluding ortho intramolecular Hbond substituents is 2. The van der Waals surface area contributed by atoms with Gasteiger partial charge in [0.25, 0.3) is 11.8 Å². The third-order valence-electron chi connectivity index (χ3n) is 9.18. The summed E-state index contributed by atoms with van der Waals surface area (Å²) in [6.07, 6.45) is 0. The molecule has 4 saturated heterocycles. The van der Waals surface area contributed by atoms with Crippen LogP contribution in [0.5, 0.6) is 11.5 Å². The summed E-state index contributed by atoms with van der Waals surface area (Å²) in [5.74, 6) is -6.13. The minimum Gasteiger partial charge on any atom is -0.504 e. The normalized spacial score (nSPS) is 22.7. The predicted molar refractivity (Wildman–Crippen MR) is 191 cm³/mol. The average Bonchev–Trinajstić information content (AvgIpc) is 3.85. The number of thioether (sulfide) groups is 1. The number of nitrogens with two attached hydrogens (primary N) is 1. The molecule has 6 rings (SSSR count). The van der Waals surface area contributed by atoms with Crippen LogP contribution in [-0.2, 0) is 24.0 Å². The highest BCUT2D eigenvalue weighted by Gasteiger charge is 2.66. The van der Waals surface area contributed by atoms with Gasteiger partial charge in [-0.25, -0.2) is 34.6 Å². The molecule has 4 aliphatic heterocycles. The summed E-state index contributed by atoms with van der Waals surface area (Å²) in [5, 5.41) is 46.6. The molecular formula is C30H33ClN10O12S2. The number of nitrogens with one attached hydrogen (secondary N) is 2. The fourth-order valence-corrected chi connectivity index (χ4v) is 8.41. The van der Waals surface area contributed by atoms with E-state index in [0.29, 0.717) is 0 Å². The molecule has 1 aromatic carbocycles. The number of halogens is 1. The summed E-state index contributed by atoms with van der Waals surface area (Å²) >= 11 is 7.74. The lowest BCUT2D eigenvalue weighted by Crippen LogP contribution is -2.68. The Morgan fingerprint density at radius 2 is 1.73 bits per heavy atom. The maximum atomic E-state index is 13.6. The van der Waals surface area contributed by atoms with Gasteiger partial charge in [0.2, 0.25) is 16.4 Å². The lowest BCUT2D eigenvalue weighted by Gasteiger charge is -2.41. The number of hydrogen-bond donors (Lipinski definition) is 7. The zero-order valence-corrected chi connectivity index (χ0v) is 31.2. The molecule has 0 aliphatic carbocycles. The van der Waals surface area contributed by atoms with Gasteiger partial charge in [-0.2, -0.15) is 0 Å². The van der Waals surface area contributed by atoms with Crippen LogP contribution in [0.15, 0.2) is 22.7 Å². The summed E-state index contributed by atoms with van der Waals surface area (Å²) in [4.78, 5) is 103. The molecule has 4 fully saturated rings. The van der Waals surface area contributed by atoms with Crippen LogP contribution in [-0.4, -0.2) is 165 Å². The number of nitrogen functional groups attached to an aromatic ring is 1. The number of rotatable bonds is 10. The molecule has 4 aliphatic rings. The fourth-order valence-electron chi connectivity index (χ4n) is 5.98. The number of urea groups is 2. The first-order chi connectivity index (χ1) is 25.9. The van der Waals surface area contributed by atoms with Gasteiger partial charge in [-0.3, -0.25) is 19.3 Å². The number of fused-ring (bicyclic) bond motifs is 1. The number of hydrazine groups is 1.